The van der Waals surface area contributed by atoms with Crippen molar-refractivity contribution < 1.29 is 19.1 Å². The summed E-state index contributed by atoms with van der Waals surface area (Å²) >= 11 is 0. The molecule has 6 heteroatoms. The molecular formula is C14H13NO5. The van der Waals surface area contributed by atoms with Crippen molar-refractivity contribution in [1.29, 1.82) is 0 Å². The van der Waals surface area contributed by atoms with Crippen molar-refractivity contribution in [3.05, 3.63) is 51.9 Å². The molecule has 0 N–H and O–H groups in total. The first-order valence-corrected chi connectivity index (χ1v) is 6.00. The maximum atomic E-state index is 12.2. The smallest absolute Gasteiger partial charge is 0.343 e. The van der Waals surface area contributed by atoms with Crippen LogP contribution in [0.5, 0.6) is 0 Å². The van der Waals surface area contributed by atoms with E-state index in [2.05, 4.69) is 4.74 Å². The molecule has 2 aromatic rings. The highest BCUT2D eigenvalue weighted by molar-refractivity contribution is 6.00. The van der Waals surface area contributed by atoms with E-state index in [4.69, 9.17) is 4.74 Å². The molecule has 0 fully saturated rings. The number of rotatable bonds is 3. The molecule has 0 spiro atoms. The van der Waals surface area contributed by atoms with E-state index in [1.54, 1.807) is 25.1 Å². The number of methoxy groups -OCH3 is 1. The van der Waals surface area contributed by atoms with Gasteiger partial charge in [0.25, 0.3) is 5.56 Å². The van der Waals surface area contributed by atoms with Gasteiger partial charge in [0.2, 0.25) is 0 Å². The first-order chi connectivity index (χ1) is 9.60. The van der Waals surface area contributed by atoms with E-state index in [-0.39, 0.29) is 17.7 Å². The number of pyridine rings is 2. The molecule has 0 amide bonds. The fraction of sp³-hybridized carbons (Fsp3) is 0.214. The van der Waals surface area contributed by atoms with Crippen LogP contribution in [0.1, 0.15) is 27.6 Å². The van der Waals surface area contributed by atoms with Gasteiger partial charge in [-0.15, -0.1) is 0 Å². The lowest BCUT2D eigenvalue weighted by Gasteiger charge is -2.09. The molecule has 20 heavy (non-hydrogen) atoms. The number of hydrogen-bond acceptors (Lipinski definition) is 5. The fourth-order valence-corrected chi connectivity index (χ4v) is 1.88. The zero-order chi connectivity index (χ0) is 14.7. The van der Waals surface area contributed by atoms with Crippen molar-refractivity contribution in [3.8, 4) is 0 Å². The summed E-state index contributed by atoms with van der Waals surface area (Å²) in [5, 5.41) is 0. The lowest BCUT2D eigenvalue weighted by molar-refractivity contribution is 0.0524. The molecule has 2 rings (SSSR count). The summed E-state index contributed by atoms with van der Waals surface area (Å²) in [6.45, 7) is 1.78. The third kappa shape index (κ3) is 2.27. The SMILES string of the molecule is CCOC(=O)c1cc(C(=O)OC)c2ccccn2c1=O. The van der Waals surface area contributed by atoms with Crippen molar-refractivity contribution >= 4 is 17.5 Å². The lowest BCUT2D eigenvalue weighted by atomic mass is 10.1. The maximum Gasteiger partial charge on any atom is 0.343 e. The fourth-order valence-electron chi connectivity index (χ4n) is 1.88. The maximum absolute atomic E-state index is 12.2. The highest BCUT2D eigenvalue weighted by Crippen LogP contribution is 2.12. The van der Waals surface area contributed by atoms with Crippen molar-refractivity contribution in [1.82, 2.24) is 4.40 Å². The predicted octanol–water partition coefficient (Wildman–Crippen LogP) is 1.26. The molecule has 0 aliphatic carbocycles. The zero-order valence-electron chi connectivity index (χ0n) is 11.1. The quantitative estimate of drug-likeness (QED) is 0.788. The van der Waals surface area contributed by atoms with Gasteiger partial charge in [-0.1, -0.05) is 6.07 Å². The second kappa shape index (κ2) is 5.56. The van der Waals surface area contributed by atoms with E-state index in [0.717, 1.165) is 0 Å². The summed E-state index contributed by atoms with van der Waals surface area (Å²) < 4.78 is 10.7. The molecule has 0 bridgehead atoms. The monoisotopic (exact) mass is 275 g/mol. The molecule has 2 aromatic heterocycles. The molecule has 0 radical (unpaired) electrons. The summed E-state index contributed by atoms with van der Waals surface area (Å²) in [5.74, 6) is -1.39. The topological polar surface area (TPSA) is 74.1 Å². The van der Waals surface area contributed by atoms with Gasteiger partial charge >= 0.3 is 11.9 Å². The summed E-state index contributed by atoms with van der Waals surface area (Å²) in [7, 11) is 1.23. The Morgan fingerprint density at radius 2 is 1.95 bits per heavy atom. The van der Waals surface area contributed by atoms with Gasteiger partial charge in [0, 0.05) is 6.20 Å². The summed E-state index contributed by atoms with van der Waals surface area (Å²) in [6.07, 6.45) is 1.48. The van der Waals surface area contributed by atoms with E-state index in [0.29, 0.717) is 5.52 Å². The van der Waals surface area contributed by atoms with Crippen molar-refractivity contribution in [2.45, 2.75) is 6.92 Å². The van der Waals surface area contributed by atoms with Gasteiger partial charge in [0.15, 0.2) is 0 Å². The van der Waals surface area contributed by atoms with Gasteiger partial charge in [-0.3, -0.25) is 9.20 Å². The first kappa shape index (κ1) is 13.8. The highest BCUT2D eigenvalue weighted by Gasteiger charge is 2.20. The molecule has 0 saturated heterocycles. The van der Waals surface area contributed by atoms with Gasteiger partial charge in [0.05, 0.1) is 24.8 Å². The number of carbonyl (C=O) groups excluding carboxylic acids is 2. The molecule has 0 aliphatic heterocycles. The highest BCUT2D eigenvalue weighted by atomic mass is 16.5. The standard InChI is InChI=1S/C14H13NO5/c1-3-20-14(18)10-8-9(13(17)19-2)11-6-4-5-7-15(11)12(10)16/h4-8H,3H2,1-2H3. The number of ether oxygens (including phenoxy) is 2. The Kier molecular flexibility index (Phi) is 3.84. The van der Waals surface area contributed by atoms with Crippen LogP contribution in [0.15, 0.2) is 35.3 Å². The summed E-state index contributed by atoms with van der Waals surface area (Å²) in [6, 6.07) is 6.12. The number of carbonyl (C=O) groups is 2. The Balaban J connectivity index is 2.78. The number of nitrogens with zero attached hydrogens (tertiary/aromatic N) is 1. The Hall–Kier alpha value is -2.63. The first-order valence-electron chi connectivity index (χ1n) is 6.00. The Labute approximate surface area is 114 Å². The third-order valence-electron chi connectivity index (χ3n) is 2.77. The number of esters is 2. The van der Waals surface area contributed by atoms with Crippen LogP contribution in [-0.4, -0.2) is 30.1 Å². The summed E-state index contributed by atoms with van der Waals surface area (Å²) in [4.78, 5) is 35.8. The van der Waals surface area contributed by atoms with E-state index < -0.39 is 17.5 Å². The van der Waals surface area contributed by atoms with Crippen LogP contribution >= 0.6 is 0 Å². The molecule has 0 aliphatic rings. The normalized spacial score (nSPS) is 10.3. The molecule has 104 valence electrons. The van der Waals surface area contributed by atoms with Crippen LogP contribution < -0.4 is 5.56 Å². The number of fused-ring (bicyclic) bond motifs is 1. The molecule has 6 nitrogen and oxygen atoms in total. The Morgan fingerprint density at radius 3 is 2.60 bits per heavy atom. The van der Waals surface area contributed by atoms with Gasteiger partial charge in [0.1, 0.15) is 5.56 Å². The largest absolute Gasteiger partial charge is 0.465 e. The second-order valence-corrected chi connectivity index (χ2v) is 3.94. The average Bonchev–Trinajstić information content (AvgIpc) is 2.47. The molecule has 2 heterocycles. The lowest BCUT2D eigenvalue weighted by Crippen LogP contribution is -2.25. The van der Waals surface area contributed by atoms with Crippen LogP contribution in [-0.2, 0) is 9.47 Å². The summed E-state index contributed by atoms with van der Waals surface area (Å²) in [5.41, 5.74) is -0.226. The van der Waals surface area contributed by atoms with Crippen molar-refractivity contribution in [2.24, 2.45) is 0 Å². The van der Waals surface area contributed by atoms with E-state index >= 15 is 0 Å². The predicted molar refractivity (Wildman–Crippen MR) is 71.0 cm³/mol. The van der Waals surface area contributed by atoms with E-state index in [1.165, 1.54) is 23.8 Å². The van der Waals surface area contributed by atoms with Crippen molar-refractivity contribution in [2.75, 3.05) is 13.7 Å². The van der Waals surface area contributed by atoms with E-state index in [9.17, 15) is 14.4 Å². The number of aromatic nitrogens is 1. The molecule has 0 saturated carbocycles. The molecule has 0 unspecified atom stereocenters. The minimum Gasteiger partial charge on any atom is -0.465 e. The average molecular weight is 275 g/mol. The minimum atomic E-state index is -0.763. The van der Waals surface area contributed by atoms with Crippen LogP contribution in [0.25, 0.3) is 5.52 Å². The molecular weight excluding hydrogens is 262 g/mol. The second-order valence-electron chi connectivity index (χ2n) is 3.94. The Bertz CT molecular complexity index is 732. The van der Waals surface area contributed by atoms with Crippen LogP contribution in [0.4, 0.5) is 0 Å². The minimum absolute atomic E-state index is 0.135. The van der Waals surface area contributed by atoms with Crippen molar-refractivity contribution in [3.63, 3.8) is 0 Å². The zero-order valence-corrected chi connectivity index (χ0v) is 11.1. The van der Waals surface area contributed by atoms with Crippen LogP contribution in [0.3, 0.4) is 0 Å². The van der Waals surface area contributed by atoms with Crippen LogP contribution in [0, 0.1) is 0 Å². The number of hydrogen-bond donors (Lipinski definition) is 0. The van der Waals surface area contributed by atoms with E-state index in [1.807, 2.05) is 0 Å². The van der Waals surface area contributed by atoms with Gasteiger partial charge in [-0.05, 0) is 25.1 Å². The third-order valence-corrected chi connectivity index (χ3v) is 2.77. The van der Waals surface area contributed by atoms with Gasteiger partial charge < -0.3 is 9.47 Å². The Morgan fingerprint density at radius 1 is 1.20 bits per heavy atom. The van der Waals surface area contributed by atoms with Gasteiger partial charge in [-0.25, -0.2) is 9.59 Å². The molecule has 0 aromatic carbocycles. The molecule has 0 atom stereocenters. The van der Waals surface area contributed by atoms with Gasteiger partial charge in [-0.2, -0.15) is 0 Å². The van der Waals surface area contributed by atoms with Crippen LogP contribution in [0.2, 0.25) is 0 Å².